The van der Waals surface area contributed by atoms with E-state index in [0.29, 0.717) is 0 Å². The van der Waals surface area contributed by atoms with Crippen LogP contribution in [0, 0.1) is 0 Å². The van der Waals surface area contributed by atoms with E-state index >= 15 is 0 Å². The minimum absolute atomic E-state index is 1.00. The number of hydrogen-bond donors (Lipinski definition) is 0. The second kappa shape index (κ2) is 23.4. The molecule has 24 heavy (non-hydrogen) atoms. The van der Waals surface area contributed by atoms with Crippen molar-refractivity contribution in [2.75, 3.05) is 18.5 Å². The second-order valence-corrected chi connectivity index (χ2v) is 8.10. The highest BCUT2D eigenvalue weighted by Crippen LogP contribution is 2.13. The number of hydrogen-bond acceptors (Lipinski definition) is 1. The van der Waals surface area contributed by atoms with Gasteiger partial charge in [0.05, 0.1) is 0 Å². The molecule has 1 aliphatic heterocycles. The lowest BCUT2D eigenvalue weighted by Crippen LogP contribution is -1.83. The summed E-state index contributed by atoms with van der Waals surface area (Å²) < 4.78 is 4.94. The normalized spacial score (nSPS) is 13.8. The predicted molar refractivity (Wildman–Crippen MR) is 113 cm³/mol. The number of halogens is 1. The van der Waals surface area contributed by atoms with E-state index in [1.807, 2.05) is 0 Å². The van der Waals surface area contributed by atoms with Crippen LogP contribution in [0.5, 0.6) is 0 Å². The fourth-order valence-corrected chi connectivity index (χ4v) is 3.55. The van der Waals surface area contributed by atoms with E-state index in [4.69, 9.17) is 4.74 Å². The molecule has 1 saturated heterocycles. The Morgan fingerprint density at radius 1 is 0.542 bits per heavy atom. The lowest BCUT2D eigenvalue weighted by atomic mass is 10.0. The third-order valence-electron chi connectivity index (χ3n) is 4.81. The van der Waals surface area contributed by atoms with Gasteiger partial charge >= 0.3 is 0 Å². The molecule has 0 saturated carbocycles. The Hall–Kier alpha value is 0.440. The molecule has 146 valence electrons. The number of unbranched alkanes of at least 4 members (excludes halogenated alkanes) is 15. The Labute approximate surface area is 161 Å². The van der Waals surface area contributed by atoms with Crippen LogP contribution in [0.25, 0.3) is 0 Å². The van der Waals surface area contributed by atoms with Gasteiger partial charge in [0.25, 0.3) is 0 Å². The lowest BCUT2D eigenvalue weighted by Gasteiger charge is -2.03. The summed E-state index contributed by atoms with van der Waals surface area (Å²) in [6.07, 6.45) is 25.8. The SMILES string of the molecule is C1CCOC1.CCCCCCCCCCCCCCCCCCBr. The molecule has 0 aromatic carbocycles. The maximum Gasteiger partial charge on any atom is 0.0466 e. The van der Waals surface area contributed by atoms with Gasteiger partial charge in [-0.1, -0.05) is 119 Å². The molecule has 0 spiro atoms. The third-order valence-corrected chi connectivity index (χ3v) is 5.38. The van der Waals surface area contributed by atoms with Gasteiger partial charge in [0, 0.05) is 18.5 Å². The molecular weight excluding hydrogens is 360 g/mol. The van der Waals surface area contributed by atoms with Crippen LogP contribution in [0.1, 0.15) is 122 Å². The lowest BCUT2D eigenvalue weighted by molar-refractivity contribution is 0.198. The van der Waals surface area contributed by atoms with Gasteiger partial charge in [-0.25, -0.2) is 0 Å². The second-order valence-electron chi connectivity index (χ2n) is 7.31. The zero-order valence-corrected chi connectivity index (χ0v) is 18.2. The molecule has 0 unspecified atom stereocenters. The summed E-state index contributed by atoms with van der Waals surface area (Å²) in [6, 6.07) is 0. The summed E-state index contributed by atoms with van der Waals surface area (Å²) in [7, 11) is 0. The summed E-state index contributed by atoms with van der Waals surface area (Å²) in [5.74, 6) is 0. The Kier molecular flexibility index (Phi) is 23.9. The fourth-order valence-electron chi connectivity index (χ4n) is 3.15. The van der Waals surface area contributed by atoms with Crippen molar-refractivity contribution in [1.29, 1.82) is 0 Å². The van der Waals surface area contributed by atoms with Crippen molar-refractivity contribution in [2.24, 2.45) is 0 Å². The Bertz CT molecular complexity index is 181. The van der Waals surface area contributed by atoms with Crippen molar-refractivity contribution < 1.29 is 4.74 Å². The molecular formula is C22H45BrO. The summed E-state index contributed by atoms with van der Waals surface area (Å²) >= 11 is 3.49. The van der Waals surface area contributed by atoms with Gasteiger partial charge in [0.2, 0.25) is 0 Å². The van der Waals surface area contributed by atoms with E-state index in [2.05, 4.69) is 22.9 Å². The molecule has 0 aliphatic carbocycles. The van der Waals surface area contributed by atoms with E-state index in [-0.39, 0.29) is 0 Å². The van der Waals surface area contributed by atoms with Gasteiger partial charge in [-0.05, 0) is 19.3 Å². The van der Waals surface area contributed by atoms with E-state index in [9.17, 15) is 0 Å². The fraction of sp³-hybridized carbons (Fsp3) is 1.00. The third kappa shape index (κ3) is 22.4. The molecule has 0 atom stereocenters. The van der Waals surface area contributed by atoms with Crippen molar-refractivity contribution in [1.82, 2.24) is 0 Å². The standard InChI is InChI=1S/C18H37Br.C4H8O/c1-2-3-4-5-6-7-8-9-10-11-12-13-14-15-16-17-18-19;1-2-4-5-3-1/h2-18H2,1H3;1-4H2. The van der Waals surface area contributed by atoms with Crippen LogP contribution in [0.2, 0.25) is 0 Å². The Balaban J connectivity index is 0.000000889. The van der Waals surface area contributed by atoms with Crippen molar-refractivity contribution in [2.45, 2.75) is 122 Å². The quantitative estimate of drug-likeness (QED) is 0.185. The Morgan fingerprint density at radius 3 is 1.12 bits per heavy atom. The number of rotatable bonds is 16. The van der Waals surface area contributed by atoms with Gasteiger partial charge in [0.1, 0.15) is 0 Å². The van der Waals surface area contributed by atoms with Crippen LogP contribution in [0.4, 0.5) is 0 Å². The average Bonchev–Trinajstić information content (AvgIpc) is 3.18. The predicted octanol–water partition coefficient (Wildman–Crippen LogP) is 8.44. The zero-order valence-electron chi connectivity index (χ0n) is 16.6. The van der Waals surface area contributed by atoms with Crippen LogP contribution in [-0.2, 0) is 4.74 Å². The maximum absolute atomic E-state index is 4.94. The molecule has 1 aliphatic rings. The van der Waals surface area contributed by atoms with E-state index < -0.39 is 0 Å². The highest BCUT2D eigenvalue weighted by Gasteiger charge is 1.95. The smallest absolute Gasteiger partial charge is 0.0466 e. The molecule has 1 nitrogen and oxygen atoms in total. The van der Waals surface area contributed by atoms with Crippen molar-refractivity contribution >= 4 is 15.9 Å². The van der Waals surface area contributed by atoms with Crippen molar-refractivity contribution in [3.05, 3.63) is 0 Å². The van der Waals surface area contributed by atoms with Gasteiger partial charge in [-0.3, -0.25) is 0 Å². The molecule has 0 amide bonds. The van der Waals surface area contributed by atoms with Gasteiger partial charge in [0.15, 0.2) is 0 Å². The van der Waals surface area contributed by atoms with Gasteiger partial charge in [-0.15, -0.1) is 0 Å². The Morgan fingerprint density at radius 2 is 0.875 bits per heavy atom. The summed E-state index contributed by atoms with van der Waals surface area (Å²) in [5.41, 5.74) is 0. The molecule has 0 aromatic rings. The van der Waals surface area contributed by atoms with Crippen molar-refractivity contribution in [3.8, 4) is 0 Å². The summed E-state index contributed by atoms with van der Waals surface area (Å²) in [5, 5.41) is 1.19. The first-order chi connectivity index (χ1) is 11.9. The minimum Gasteiger partial charge on any atom is -0.381 e. The molecule has 0 radical (unpaired) electrons. The monoisotopic (exact) mass is 404 g/mol. The molecule has 1 heterocycles. The highest BCUT2D eigenvalue weighted by molar-refractivity contribution is 9.09. The summed E-state index contributed by atoms with van der Waals surface area (Å²) in [4.78, 5) is 0. The van der Waals surface area contributed by atoms with Crippen LogP contribution < -0.4 is 0 Å². The van der Waals surface area contributed by atoms with Crippen LogP contribution >= 0.6 is 15.9 Å². The highest BCUT2D eigenvalue weighted by atomic mass is 79.9. The van der Waals surface area contributed by atoms with Gasteiger partial charge in [-0.2, -0.15) is 0 Å². The molecule has 0 aromatic heterocycles. The van der Waals surface area contributed by atoms with E-state index in [0.717, 1.165) is 13.2 Å². The van der Waals surface area contributed by atoms with Crippen LogP contribution in [-0.4, -0.2) is 18.5 Å². The number of ether oxygens (including phenoxy) is 1. The first kappa shape index (κ1) is 24.4. The molecule has 0 N–H and O–H groups in total. The molecule has 1 fully saturated rings. The van der Waals surface area contributed by atoms with Crippen molar-refractivity contribution in [3.63, 3.8) is 0 Å². The van der Waals surface area contributed by atoms with E-state index in [1.165, 1.54) is 121 Å². The first-order valence-corrected chi connectivity index (χ1v) is 12.2. The largest absolute Gasteiger partial charge is 0.381 e. The average molecular weight is 406 g/mol. The van der Waals surface area contributed by atoms with Crippen LogP contribution in [0.3, 0.4) is 0 Å². The maximum atomic E-state index is 4.94. The zero-order chi connectivity index (χ0) is 17.6. The minimum atomic E-state index is 1.00. The molecule has 0 bridgehead atoms. The molecule has 1 rings (SSSR count). The molecule has 2 heteroatoms. The van der Waals surface area contributed by atoms with Crippen LogP contribution in [0.15, 0.2) is 0 Å². The van der Waals surface area contributed by atoms with E-state index in [1.54, 1.807) is 0 Å². The summed E-state index contributed by atoms with van der Waals surface area (Å²) in [6.45, 7) is 4.29. The number of alkyl halides is 1. The van der Waals surface area contributed by atoms with Gasteiger partial charge < -0.3 is 4.74 Å². The topological polar surface area (TPSA) is 9.23 Å². The first-order valence-electron chi connectivity index (χ1n) is 11.1.